The lowest BCUT2D eigenvalue weighted by molar-refractivity contribution is 0.0920. The second kappa shape index (κ2) is 7.75. The van der Waals surface area contributed by atoms with Crippen LogP contribution in [0.1, 0.15) is 57.5 Å². The molecule has 1 aromatic carbocycles. The zero-order valence-corrected chi connectivity index (χ0v) is 14.1. The van der Waals surface area contributed by atoms with Crippen LogP contribution in [0, 0.1) is 0 Å². The Morgan fingerprint density at radius 2 is 1.87 bits per heavy atom. The van der Waals surface area contributed by atoms with Gasteiger partial charge in [0.15, 0.2) is 0 Å². The molecule has 122 valence electrons. The summed E-state index contributed by atoms with van der Waals surface area (Å²) < 4.78 is 0. The number of aryl methyl sites for hydroxylation is 2. The summed E-state index contributed by atoms with van der Waals surface area (Å²) in [6.45, 7) is 0.241. The van der Waals surface area contributed by atoms with Crippen molar-refractivity contribution in [3.8, 4) is 0 Å². The normalized spacial score (nSPS) is 16.0. The highest BCUT2D eigenvalue weighted by molar-refractivity contribution is 7.14. The Balaban J connectivity index is 1.61. The molecule has 1 aromatic heterocycles. The van der Waals surface area contributed by atoms with Gasteiger partial charge in [-0.15, -0.1) is 11.3 Å². The highest BCUT2D eigenvalue weighted by atomic mass is 32.1. The van der Waals surface area contributed by atoms with E-state index >= 15 is 0 Å². The number of aliphatic hydroxyl groups excluding tert-OH is 1. The molecule has 1 aliphatic carbocycles. The van der Waals surface area contributed by atoms with Crippen LogP contribution in [0.5, 0.6) is 0 Å². The number of carbonyl (C=O) groups excluding carboxylic acids is 1. The number of nitrogens with one attached hydrogen (secondary N) is 1. The Hall–Kier alpha value is -1.65. The van der Waals surface area contributed by atoms with Gasteiger partial charge in [-0.2, -0.15) is 0 Å². The summed E-state index contributed by atoms with van der Waals surface area (Å²) in [4.78, 5) is 14.5. The van der Waals surface area contributed by atoms with Gasteiger partial charge in [-0.25, -0.2) is 0 Å². The Morgan fingerprint density at radius 3 is 2.65 bits per heavy atom. The first-order valence-electron chi connectivity index (χ1n) is 8.37. The van der Waals surface area contributed by atoms with E-state index in [1.54, 1.807) is 11.3 Å². The molecule has 3 nitrogen and oxygen atoms in total. The lowest BCUT2D eigenvalue weighted by Crippen LogP contribution is -2.27. The summed E-state index contributed by atoms with van der Waals surface area (Å²) in [5.74, 6) is -0.0725. The first-order valence-corrected chi connectivity index (χ1v) is 9.18. The summed E-state index contributed by atoms with van der Waals surface area (Å²) in [6.07, 6.45) is 6.55. The molecule has 4 heteroatoms. The van der Waals surface area contributed by atoms with E-state index in [4.69, 9.17) is 0 Å². The lowest BCUT2D eigenvalue weighted by Gasteiger charge is -2.11. The van der Waals surface area contributed by atoms with Crippen molar-refractivity contribution in [2.24, 2.45) is 0 Å². The van der Waals surface area contributed by atoms with Crippen LogP contribution in [-0.2, 0) is 12.8 Å². The van der Waals surface area contributed by atoms with E-state index in [9.17, 15) is 9.90 Å². The maximum absolute atomic E-state index is 12.4. The van der Waals surface area contributed by atoms with Crippen LogP contribution >= 0.6 is 11.3 Å². The Bertz CT molecular complexity index is 625. The Kier molecular flexibility index (Phi) is 5.47. The quantitative estimate of drug-likeness (QED) is 0.894. The fourth-order valence-corrected chi connectivity index (χ4v) is 4.20. The third-order valence-electron chi connectivity index (χ3n) is 4.36. The average molecular weight is 329 g/mol. The minimum absolute atomic E-state index is 0.0725. The van der Waals surface area contributed by atoms with Crippen molar-refractivity contribution >= 4 is 17.2 Å². The number of thiophene rings is 1. The summed E-state index contributed by atoms with van der Waals surface area (Å²) in [5, 5.41) is 13.0. The molecule has 0 bridgehead atoms. The number of aliphatic hydroxyl groups is 1. The van der Waals surface area contributed by atoms with Crippen molar-refractivity contribution in [3.63, 3.8) is 0 Å². The third-order valence-corrected chi connectivity index (χ3v) is 5.60. The van der Waals surface area contributed by atoms with Crippen molar-refractivity contribution in [1.29, 1.82) is 0 Å². The summed E-state index contributed by atoms with van der Waals surface area (Å²) >= 11 is 1.62. The predicted octanol–water partition coefficient (Wildman–Crippen LogP) is 3.87. The smallest absolute Gasteiger partial charge is 0.261 e. The molecule has 1 aliphatic rings. The molecule has 3 rings (SSSR count). The zero-order valence-electron chi connectivity index (χ0n) is 13.3. The molecule has 1 atom stereocenters. The maximum atomic E-state index is 12.4. The molecular formula is C19H23NO2S. The topological polar surface area (TPSA) is 49.3 Å². The highest BCUT2D eigenvalue weighted by Gasteiger charge is 2.17. The molecule has 23 heavy (non-hydrogen) atoms. The molecule has 1 amide bonds. The van der Waals surface area contributed by atoms with E-state index in [0.717, 1.165) is 23.3 Å². The van der Waals surface area contributed by atoms with Gasteiger partial charge in [-0.1, -0.05) is 43.2 Å². The fraction of sp³-hybridized carbons (Fsp3) is 0.421. The van der Waals surface area contributed by atoms with Crippen LogP contribution in [0.2, 0.25) is 0 Å². The number of fused-ring (bicyclic) bond motifs is 1. The fourth-order valence-electron chi connectivity index (χ4n) is 3.03. The molecular weight excluding hydrogens is 306 g/mol. The molecule has 2 aromatic rings. The molecule has 0 fully saturated rings. The highest BCUT2D eigenvalue weighted by Crippen LogP contribution is 2.28. The van der Waals surface area contributed by atoms with E-state index in [0.29, 0.717) is 0 Å². The number of carbonyl (C=O) groups is 1. The summed E-state index contributed by atoms with van der Waals surface area (Å²) in [6, 6.07) is 11.5. The van der Waals surface area contributed by atoms with Crippen molar-refractivity contribution in [3.05, 3.63) is 57.3 Å². The van der Waals surface area contributed by atoms with E-state index in [2.05, 4.69) is 11.4 Å². The monoisotopic (exact) mass is 329 g/mol. The largest absolute Gasteiger partial charge is 0.387 e. The molecule has 0 spiro atoms. The summed E-state index contributed by atoms with van der Waals surface area (Å²) in [7, 11) is 0. The van der Waals surface area contributed by atoms with Gasteiger partial charge in [0, 0.05) is 11.4 Å². The number of amides is 1. The van der Waals surface area contributed by atoms with Gasteiger partial charge >= 0.3 is 0 Å². The summed E-state index contributed by atoms with van der Waals surface area (Å²) in [5.41, 5.74) is 2.18. The molecule has 0 saturated carbocycles. The third kappa shape index (κ3) is 4.21. The average Bonchev–Trinajstić information content (AvgIpc) is 2.95. The van der Waals surface area contributed by atoms with E-state index < -0.39 is 6.10 Å². The first kappa shape index (κ1) is 16.2. The van der Waals surface area contributed by atoms with Crippen molar-refractivity contribution in [1.82, 2.24) is 5.32 Å². The second-order valence-electron chi connectivity index (χ2n) is 6.11. The molecule has 1 heterocycles. The van der Waals surface area contributed by atoms with E-state index in [1.807, 2.05) is 30.3 Å². The van der Waals surface area contributed by atoms with Gasteiger partial charge in [0.1, 0.15) is 0 Å². The van der Waals surface area contributed by atoms with E-state index in [1.165, 1.54) is 36.1 Å². The van der Waals surface area contributed by atoms with Crippen LogP contribution in [0.25, 0.3) is 0 Å². The van der Waals surface area contributed by atoms with Crippen molar-refractivity contribution in [2.75, 3.05) is 6.54 Å². The van der Waals surface area contributed by atoms with Gasteiger partial charge in [-0.3, -0.25) is 4.79 Å². The molecule has 0 saturated heterocycles. The van der Waals surface area contributed by atoms with Crippen LogP contribution < -0.4 is 5.32 Å². The number of benzene rings is 1. The van der Waals surface area contributed by atoms with Crippen LogP contribution in [-0.4, -0.2) is 17.6 Å². The number of hydrogen-bond acceptors (Lipinski definition) is 3. The van der Waals surface area contributed by atoms with Crippen LogP contribution in [0.3, 0.4) is 0 Å². The first-order chi connectivity index (χ1) is 11.2. The molecule has 0 aliphatic heterocycles. The molecule has 0 radical (unpaired) electrons. The zero-order chi connectivity index (χ0) is 16.1. The van der Waals surface area contributed by atoms with Crippen LogP contribution in [0.15, 0.2) is 36.4 Å². The Morgan fingerprint density at radius 1 is 1.13 bits per heavy atom. The second-order valence-corrected chi connectivity index (χ2v) is 7.25. The standard InChI is InChI=1S/C19H23NO2S/c21-16(14-8-5-3-6-9-14)13-20-19(22)18-12-15-10-4-1-2-7-11-17(15)23-18/h3,5-6,8-9,12,16,21H,1-2,4,7,10-11,13H2,(H,20,22)/t16-/m0/s1. The minimum atomic E-state index is -0.666. The van der Waals surface area contributed by atoms with Gasteiger partial charge in [-0.05, 0) is 42.9 Å². The van der Waals surface area contributed by atoms with Gasteiger partial charge in [0.05, 0.1) is 11.0 Å². The number of rotatable bonds is 4. The van der Waals surface area contributed by atoms with Crippen molar-refractivity contribution < 1.29 is 9.90 Å². The Labute approximate surface area is 141 Å². The molecule has 2 N–H and O–H groups in total. The predicted molar refractivity (Wildman–Crippen MR) is 93.9 cm³/mol. The number of hydrogen-bond donors (Lipinski definition) is 2. The van der Waals surface area contributed by atoms with Gasteiger partial charge in [0.25, 0.3) is 5.91 Å². The van der Waals surface area contributed by atoms with Crippen LogP contribution in [0.4, 0.5) is 0 Å². The lowest BCUT2D eigenvalue weighted by atomic mass is 10.00. The minimum Gasteiger partial charge on any atom is -0.387 e. The van der Waals surface area contributed by atoms with E-state index in [-0.39, 0.29) is 12.5 Å². The molecule has 0 unspecified atom stereocenters. The van der Waals surface area contributed by atoms with Gasteiger partial charge in [0.2, 0.25) is 0 Å². The maximum Gasteiger partial charge on any atom is 0.261 e. The van der Waals surface area contributed by atoms with Gasteiger partial charge < -0.3 is 10.4 Å². The van der Waals surface area contributed by atoms with Crippen molar-refractivity contribution in [2.45, 2.75) is 44.6 Å². The SMILES string of the molecule is O=C(NC[C@H](O)c1ccccc1)c1cc2c(s1)CCCCCC2.